The van der Waals surface area contributed by atoms with E-state index < -0.39 is 0 Å². The first kappa shape index (κ1) is 20.2. The molecule has 6 nitrogen and oxygen atoms in total. The zero-order chi connectivity index (χ0) is 22.2. The van der Waals surface area contributed by atoms with Crippen molar-refractivity contribution in [1.82, 2.24) is 15.2 Å². The number of phenols is 1. The highest BCUT2D eigenvalue weighted by molar-refractivity contribution is 6.14. The Morgan fingerprint density at radius 1 is 0.969 bits per heavy atom. The lowest BCUT2D eigenvalue weighted by molar-refractivity contribution is 0.475. The molecular weight excluding hydrogens is 398 g/mol. The molecule has 5 rings (SSSR count). The van der Waals surface area contributed by atoms with E-state index in [0.29, 0.717) is 17.1 Å². The summed E-state index contributed by atoms with van der Waals surface area (Å²) in [7, 11) is 0. The molecule has 0 radical (unpaired) electrons. The molecule has 1 aliphatic rings. The van der Waals surface area contributed by atoms with Gasteiger partial charge in [-0.3, -0.25) is 5.10 Å². The van der Waals surface area contributed by atoms with Gasteiger partial charge < -0.3 is 15.4 Å². The number of aromatic amines is 1. The Labute approximate surface area is 187 Å². The Hall–Kier alpha value is -3.67. The van der Waals surface area contributed by atoms with Crippen LogP contribution in [0.4, 0.5) is 5.69 Å². The van der Waals surface area contributed by atoms with Crippen LogP contribution in [0.25, 0.3) is 33.4 Å². The number of nitrogens with one attached hydrogen (secondary N) is 2. The molecule has 1 aliphatic heterocycles. The molecule has 162 valence electrons. The Bertz CT molecular complexity index is 1280. The summed E-state index contributed by atoms with van der Waals surface area (Å²) in [6.07, 6.45) is 3.80. The van der Waals surface area contributed by atoms with Crippen LogP contribution in [0.3, 0.4) is 0 Å². The van der Waals surface area contributed by atoms with Crippen LogP contribution in [-0.4, -0.2) is 39.1 Å². The van der Waals surface area contributed by atoms with Crippen molar-refractivity contribution in [3.63, 3.8) is 0 Å². The van der Waals surface area contributed by atoms with Crippen LogP contribution < -0.4 is 4.90 Å². The number of nitrogens with zero attached hydrogens (tertiary/aromatic N) is 3. The summed E-state index contributed by atoms with van der Waals surface area (Å²) in [4.78, 5) is 7.27. The third kappa shape index (κ3) is 3.51. The standard InChI is InChI=1S/C26H27N5O/c1-16(27)22-24(18-6-10-20(11-7-18)31-14-4-3-5-15-31)23-17(2)29-30-26(23)28-25(22)19-8-12-21(32)13-9-19/h6-13,27,32H,3-5,14-15H2,1-2H3,(H,28,29,30). The van der Waals surface area contributed by atoms with E-state index in [9.17, 15) is 5.11 Å². The second-order valence-corrected chi connectivity index (χ2v) is 8.52. The largest absolute Gasteiger partial charge is 0.508 e. The van der Waals surface area contributed by atoms with E-state index in [-0.39, 0.29) is 5.75 Å². The molecule has 2 aromatic carbocycles. The van der Waals surface area contributed by atoms with Crippen molar-refractivity contribution in [3.8, 4) is 28.1 Å². The van der Waals surface area contributed by atoms with Gasteiger partial charge in [0, 0.05) is 46.9 Å². The molecule has 6 heteroatoms. The minimum absolute atomic E-state index is 0.201. The van der Waals surface area contributed by atoms with E-state index in [0.717, 1.165) is 46.4 Å². The van der Waals surface area contributed by atoms with Gasteiger partial charge in [-0.2, -0.15) is 5.10 Å². The van der Waals surface area contributed by atoms with Gasteiger partial charge in [0.2, 0.25) is 0 Å². The summed E-state index contributed by atoms with van der Waals surface area (Å²) in [6.45, 7) is 6.00. The Kier molecular flexibility index (Phi) is 5.13. The first-order valence-corrected chi connectivity index (χ1v) is 11.1. The molecule has 0 aliphatic carbocycles. The topological polar surface area (TPSA) is 88.9 Å². The van der Waals surface area contributed by atoms with Crippen LogP contribution >= 0.6 is 0 Å². The zero-order valence-electron chi connectivity index (χ0n) is 18.4. The van der Waals surface area contributed by atoms with E-state index in [2.05, 4.69) is 39.4 Å². The molecule has 1 fully saturated rings. The maximum atomic E-state index is 9.74. The number of pyridine rings is 1. The molecule has 4 aromatic rings. The lowest BCUT2D eigenvalue weighted by Crippen LogP contribution is -2.29. The Morgan fingerprint density at radius 3 is 2.28 bits per heavy atom. The Balaban J connectivity index is 1.72. The summed E-state index contributed by atoms with van der Waals surface area (Å²) in [5.41, 5.74) is 7.61. The number of piperidine rings is 1. The summed E-state index contributed by atoms with van der Waals surface area (Å²) in [5, 5.41) is 26.8. The first-order valence-electron chi connectivity index (χ1n) is 11.1. The number of hydrogen-bond acceptors (Lipinski definition) is 5. The molecule has 0 spiro atoms. The number of rotatable bonds is 4. The van der Waals surface area contributed by atoms with Gasteiger partial charge in [0.25, 0.3) is 0 Å². The fourth-order valence-corrected chi connectivity index (χ4v) is 4.67. The van der Waals surface area contributed by atoms with E-state index in [1.807, 2.05) is 19.1 Å². The second kappa shape index (κ2) is 8.11. The lowest BCUT2D eigenvalue weighted by atomic mass is 9.90. The van der Waals surface area contributed by atoms with E-state index >= 15 is 0 Å². The minimum Gasteiger partial charge on any atom is -0.508 e. The van der Waals surface area contributed by atoms with Crippen molar-refractivity contribution >= 4 is 22.4 Å². The van der Waals surface area contributed by atoms with E-state index in [1.165, 1.54) is 24.9 Å². The molecule has 0 atom stereocenters. The maximum Gasteiger partial charge on any atom is 0.182 e. The van der Waals surface area contributed by atoms with Crippen molar-refractivity contribution in [3.05, 3.63) is 59.8 Å². The molecule has 0 unspecified atom stereocenters. The van der Waals surface area contributed by atoms with Crippen molar-refractivity contribution in [2.45, 2.75) is 33.1 Å². The van der Waals surface area contributed by atoms with Gasteiger partial charge in [0.05, 0.1) is 11.1 Å². The van der Waals surface area contributed by atoms with Crippen LogP contribution in [0, 0.1) is 12.3 Å². The third-order valence-corrected chi connectivity index (χ3v) is 6.28. The number of H-pyrrole nitrogens is 1. The third-order valence-electron chi connectivity index (χ3n) is 6.28. The summed E-state index contributed by atoms with van der Waals surface area (Å²) >= 11 is 0. The molecular formula is C26H27N5O. The van der Waals surface area contributed by atoms with Gasteiger partial charge in [-0.05, 0) is 75.1 Å². The molecule has 3 N–H and O–H groups in total. The van der Waals surface area contributed by atoms with Crippen LogP contribution in [0.1, 0.15) is 37.4 Å². The number of aryl methyl sites for hydroxylation is 1. The van der Waals surface area contributed by atoms with Gasteiger partial charge >= 0.3 is 0 Å². The van der Waals surface area contributed by atoms with Gasteiger partial charge in [0.15, 0.2) is 5.65 Å². The number of benzene rings is 2. The van der Waals surface area contributed by atoms with E-state index in [4.69, 9.17) is 10.4 Å². The second-order valence-electron chi connectivity index (χ2n) is 8.52. The maximum absolute atomic E-state index is 9.74. The highest BCUT2D eigenvalue weighted by Crippen LogP contribution is 2.39. The zero-order valence-corrected chi connectivity index (χ0v) is 18.4. The number of hydrogen-bond donors (Lipinski definition) is 3. The molecule has 0 bridgehead atoms. The average Bonchev–Trinajstić information content (AvgIpc) is 3.19. The SMILES string of the molecule is CC(=N)c1c(-c2ccc(O)cc2)nc2n[nH]c(C)c2c1-c1ccc(N2CCCCC2)cc1. The van der Waals surface area contributed by atoms with Gasteiger partial charge in [0.1, 0.15) is 5.75 Å². The van der Waals surface area contributed by atoms with Gasteiger partial charge in [-0.1, -0.05) is 12.1 Å². The van der Waals surface area contributed by atoms with Crippen molar-refractivity contribution in [2.24, 2.45) is 0 Å². The normalized spacial score (nSPS) is 14.1. The fourth-order valence-electron chi connectivity index (χ4n) is 4.67. The summed E-state index contributed by atoms with van der Waals surface area (Å²) in [6, 6.07) is 15.6. The quantitative estimate of drug-likeness (QED) is 0.367. The highest BCUT2D eigenvalue weighted by atomic mass is 16.3. The number of anilines is 1. The molecule has 0 saturated carbocycles. The summed E-state index contributed by atoms with van der Waals surface area (Å²) in [5.74, 6) is 0.201. The lowest BCUT2D eigenvalue weighted by Gasteiger charge is -2.29. The monoisotopic (exact) mass is 425 g/mol. The van der Waals surface area contributed by atoms with Crippen LogP contribution in [-0.2, 0) is 0 Å². The molecule has 3 heterocycles. The number of aromatic nitrogens is 3. The predicted octanol–water partition coefficient (Wildman–Crippen LogP) is 5.68. The highest BCUT2D eigenvalue weighted by Gasteiger charge is 2.22. The van der Waals surface area contributed by atoms with Crippen molar-refractivity contribution in [2.75, 3.05) is 18.0 Å². The van der Waals surface area contributed by atoms with Crippen LogP contribution in [0.2, 0.25) is 0 Å². The number of aromatic hydroxyl groups is 1. The minimum atomic E-state index is 0.201. The van der Waals surface area contributed by atoms with Gasteiger partial charge in [-0.25, -0.2) is 4.98 Å². The van der Waals surface area contributed by atoms with Crippen LogP contribution in [0.5, 0.6) is 5.75 Å². The smallest absolute Gasteiger partial charge is 0.182 e. The van der Waals surface area contributed by atoms with Crippen molar-refractivity contribution in [1.29, 1.82) is 5.41 Å². The molecule has 2 aromatic heterocycles. The molecule has 0 amide bonds. The van der Waals surface area contributed by atoms with Crippen LogP contribution in [0.15, 0.2) is 48.5 Å². The molecule has 1 saturated heterocycles. The summed E-state index contributed by atoms with van der Waals surface area (Å²) < 4.78 is 0. The van der Waals surface area contributed by atoms with E-state index in [1.54, 1.807) is 19.1 Å². The average molecular weight is 426 g/mol. The fraction of sp³-hybridized carbons (Fsp3) is 0.269. The number of fused-ring (bicyclic) bond motifs is 1. The Morgan fingerprint density at radius 2 is 1.62 bits per heavy atom. The predicted molar refractivity (Wildman–Crippen MR) is 130 cm³/mol. The number of phenolic OH excluding ortho intramolecular Hbond substituents is 1. The van der Waals surface area contributed by atoms with Gasteiger partial charge in [-0.15, -0.1) is 0 Å². The first-order chi connectivity index (χ1) is 15.5. The van der Waals surface area contributed by atoms with Crippen molar-refractivity contribution < 1.29 is 5.11 Å². The molecule has 32 heavy (non-hydrogen) atoms.